The lowest BCUT2D eigenvalue weighted by molar-refractivity contribution is 0.0682. The van der Waals surface area contributed by atoms with Gasteiger partial charge in [-0.05, 0) is 0 Å². The fourth-order valence-electron chi connectivity index (χ4n) is 2.21. The second-order valence-corrected chi connectivity index (χ2v) is 4.35. The van der Waals surface area contributed by atoms with Crippen molar-refractivity contribution in [2.75, 3.05) is 13.1 Å². The number of aromatic carboxylic acids is 1. The summed E-state index contributed by atoms with van der Waals surface area (Å²) in [4.78, 5) is 24.6. The van der Waals surface area contributed by atoms with E-state index in [0.29, 0.717) is 25.1 Å². The van der Waals surface area contributed by atoms with E-state index in [1.54, 1.807) is 18.0 Å². The fourth-order valence-corrected chi connectivity index (χ4v) is 2.21. The van der Waals surface area contributed by atoms with Crippen LogP contribution in [0.4, 0.5) is 4.79 Å². The molecule has 0 unspecified atom stereocenters. The quantitative estimate of drug-likeness (QED) is 0.772. The maximum absolute atomic E-state index is 11.8. The lowest BCUT2D eigenvalue weighted by Gasteiger charge is -2.26. The van der Waals surface area contributed by atoms with Gasteiger partial charge in [0.2, 0.25) is 0 Å². The Balaban J connectivity index is 2.21. The largest absolute Gasteiger partial charge is 0.477 e. The topological polar surface area (TPSA) is 87.5 Å². The van der Waals surface area contributed by atoms with Gasteiger partial charge in [-0.15, -0.1) is 6.58 Å². The number of carbonyl (C=O) groups excluding carboxylic acids is 1. The molecular formula is C12H16N4O3. The summed E-state index contributed by atoms with van der Waals surface area (Å²) in [5, 5.41) is 16.1. The van der Waals surface area contributed by atoms with E-state index in [-0.39, 0.29) is 18.3 Å². The van der Waals surface area contributed by atoms with E-state index in [1.165, 1.54) is 4.68 Å². The van der Waals surface area contributed by atoms with Gasteiger partial charge in [-0.1, -0.05) is 6.08 Å². The van der Waals surface area contributed by atoms with Gasteiger partial charge in [0.1, 0.15) is 0 Å². The molecule has 0 spiro atoms. The predicted octanol–water partition coefficient (Wildman–Crippen LogP) is 0.372. The number of carboxylic acids is 1. The Kier molecular flexibility index (Phi) is 3.55. The molecule has 2 heterocycles. The van der Waals surface area contributed by atoms with E-state index in [9.17, 15) is 14.7 Å². The molecule has 1 aliphatic heterocycles. The van der Waals surface area contributed by atoms with E-state index >= 15 is 0 Å². The van der Waals surface area contributed by atoms with Crippen LogP contribution in [0.1, 0.15) is 21.7 Å². The summed E-state index contributed by atoms with van der Waals surface area (Å²) < 4.78 is 1.36. The van der Waals surface area contributed by atoms with Gasteiger partial charge in [-0.2, -0.15) is 5.10 Å². The zero-order valence-corrected chi connectivity index (χ0v) is 10.7. The van der Waals surface area contributed by atoms with Crippen LogP contribution in [0.15, 0.2) is 12.7 Å². The number of nitrogens with one attached hydrogen (secondary N) is 1. The normalized spacial score (nSPS) is 13.8. The number of aryl methyl sites for hydroxylation is 1. The Morgan fingerprint density at radius 3 is 2.95 bits per heavy atom. The first-order valence-corrected chi connectivity index (χ1v) is 5.96. The molecule has 7 nitrogen and oxygen atoms in total. The summed E-state index contributed by atoms with van der Waals surface area (Å²) in [6.07, 6.45) is 2.16. The first-order valence-electron chi connectivity index (χ1n) is 5.96. The lowest BCUT2D eigenvalue weighted by atomic mass is 10.1. The average Bonchev–Trinajstić information content (AvgIpc) is 2.70. The minimum atomic E-state index is -1.02. The van der Waals surface area contributed by atoms with Crippen LogP contribution in [0.25, 0.3) is 0 Å². The number of nitrogens with zero attached hydrogens (tertiary/aromatic N) is 3. The Labute approximate surface area is 110 Å². The van der Waals surface area contributed by atoms with Crippen LogP contribution >= 0.6 is 0 Å². The van der Waals surface area contributed by atoms with Crippen LogP contribution in [0, 0.1) is 0 Å². The van der Waals surface area contributed by atoms with Crippen LogP contribution in [0.3, 0.4) is 0 Å². The van der Waals surface area contributed by atoms with Crippen molar-refractivity contribution in [3.8, 4) is 0 Å². The van der Waals surface area contributed by atoms with Crippen molar-refractivity contribution >= 4 is 12.0 Å². The summed E-state index contributed by atoms with van der Waals surface area (Å²) in [5.41, 5.74) is 1.53. The zero-order chi connectivity index (χ0) is 14.0. The molecule has 2 N–H and O–H groups in total. The molecule has 102 valence electrons. The van der Waals surface area contributed by atoms with Crippen molar-refractivity contribution in [3.05, 3.63) is 29.6 Å². The molecule has 0 saturated heterocycles. The minimum absolute atomic E-state index is 0.149. The van der Waals surface area contributed by atoms with Gasteiger partial charge in [-0.3, -0.25) is 4.68 Å². The first-order chi connectivity index (χ1) is 9.04. The van der Waals surface area contributed by atoms with Gasteiger partial charge in [0.15, 0.2) is 5.69 Å². The second-order valence-electron chi connectivity index (χ2n) is 4.35. The monoisotopic (exact) mass is 264 g/mol. The van der Waals surface area contributed by atoms with Crippen molar-refractivity contribution < 1.29 is 14.7 Å². The number of aromatic nitrogens is 2. The van der Waals surface area contributed by atoms with Gasteiger partial charge < -0.3 is 15.3 Å². The molecule has 0 bridgehead atoms. The van der Waals surface area contributed by atoms with Crippen molar-refractivity contribution in [2.45, 2.75) is 13.0 Å². The number of hydrogen-bond acceptors (Lipinski definition) is 3. The molecule has 0 aromatic carbocycles. The van der Waals surface area contributed by atoms with Gasteiger partial charge in [0, 0.05) is 32.1 Å². The van der Waals surface area contributed by atoms with E-state index in [1.807, 2.05) is 0 Å². The number of fused-ring (bicyclic) bond motifs is 1. The Bertz CT molecular complexity index is 535. The van der Waals surface area contributed by atoms with Gasteiger partial charge in [0.25, 0.3) is 0 Å². The number of amides is 2. The summed E-state index contributed by atoms with van der Waals surface area (Å²) >= 11 is 0. The van der Waals surface area contributed by atoms with Crippen molar-refractivity contribution in [1.29, 1.82) is 0 Å². The van der Waals surface area contributed by atoms with Crippen molar-refractivity contribution in [3.63, 3.8) is 0 Å². The predicted molar refractivity (Wildman–Crippen MR) is 67.9 cm³/mol. The van der Waals surface area contributed by atoms with E-state index in [0.717, 1.165) is 5.69 Å². The molecule has 1 aliphatic rings. The molecule has 1 aromatic rings. The summed E-state index contributed by atoms with van der Waals surface area (Å²) in [6.45, 7) is 4.73. The summed E-state index contributed by atoms with van der Waals surface area (Å²) in [7, 11) is 1.60. The van der Waals surface area contributed by atoms with Gasteiger partial charge in [0.05, 0.1) is 12.2 Å². The highest BCUT2D eigenvalue weighted by atomic mass is 16.4. The van der Waals surface area contributed by atoms with E-state index in [2.05, 4.69) is 17.0 Å². The fraction of sp³-hybridized carbons (Fsp3) is 0.417. The van der Waals surface area contributed by atoms with Gasteiger partial charge >= 0.3 is 12.0 Å². The molecule has 7 heteroatoms. The highest BCUT2D eigenvalue weighted by Crippen LogP contribution is 2.21. The van der Waals surface area contributed by atoms with E-state index < -0.39 is 5.97 Å². The van der Waals surface area contributed by atoms with Crippen LogP contribution in [0.5, 0.6) is 0 Å². The molecule has 2 rings (SSSR count). The molecular weight excluding hydrogens is 248 g/mol. The molecule has 1 aromatic heterocycles. The molecule has 0 fully saturated rings. The third-order valence-corrected chi connectivity index (χ3v) is 3.08. The maximum atomic E-state index is 11.8. The minimum Gasteiger partial charge on any atom is -0.477 e. The maximum Gasteiger partial charge on any atom is 0.354 e. The highest BCUT2D eigenvalue weighted by Gasteiger charge is 2.28. The number of carboxylic acid groups (broad SMARTS) is 1. The second kappa shape index (κ2) is 5.13. The number of urea groups is 1. The lowest BCUT2D eigenvalue weighted by Crippen LogP contribution is -2.42. The Morgan fingerprint density at radius 2 is 2.32 bits per heavy atom. The first kappa shape index (κ1) is 13.1. The standard InChI is InChI=1S/C12H16N4O3/c1-3-5-13-12(19)16-6-4-9-8(7-16)10(11(17)18)15(2)14-9/h3H,1,4-7H2,2H3,(H,13,19)(H,17,18). The van der Waals surface area contributed by atoms with Crippen LogP contribution < -0.4 is 5.32 Å². The van der Waals surface area contributed by atoms with Crippen molar-refractivity contribution in [1.82, 2.24) is 20.0 Å². The number of hydrogen-bond donors (Lipinski definition) is 2. The molecule has 0 atom stereocenters. The smallest absolute Gasteiger partial charge is 0.354 e. The molecule has 0 radical (unpaired) electrons. The van der Waals surface area contributed by atoms with Crippen molar-refractivity contribution in [2.24, 2.45) is 7.05 Å². The number of carbonyl (C=O) groups is 2. The van der Waals surface area contributed by atoms with Crippen LogP contribution in [-0.4, -0.2) is 44.9 Å². The molecule has 19 heavy (non-hydrogen) atoms. The Morgan fingerprint density at radius 1 is 1.58 bits per heavy atom. The SMILES string of the molecule is C=CCNC(=O)N1CCc2nn(C)c(C(=O)O)c2C1. The highest BCUT2D eigenvalue weighted by molar-refractivity contribution is 5.88. The average molecular weight is 264 g/mol. The Hall–Kier alpha value is -2.31. The molecule has 0 saturated carbocycles. The van der Waals surface area contributed by atoms with Gasteiger partial charge in [-0.25, -0.2) is 9.59 Å². The number of rotatable bonds is 3. The van der Waals surface area contributed by atoms with Crippen LogP contribution in [-0.2, 0) is 20.0 Å². The molecule has 0 aliphatic carbocycles. The summed E-state index contributed by atoms with van der Waals surface area (Å²) in [6, 6.07) is -0.217. The third-order valence-electron chi connectivity index (χ3n) is 3.08. The zero-order valence-electron chi connectivity index (χ0n) is 10.7. The summed E-state index contributed by atoms with van der Waals surface area (Å²) in [5.74, 6) is -1.02. The third kappa shape index (κ3) is 2.44. The molecule has 2 amide bonds. The van der Waals surface area contributed by atoms with Crippen LogP contribution in [0.2, 0.25) is 0 Å². The van der Waals surface area contributed by atoms with E-state index in [4.69, 9.17) is 0 Å².